The van der Waals surface area contributed by atoms with Crippen molar-refractivity contribution in [2.75, 3.05) is 44.2 Å². The highest BCUT2D eigenvalue weighted by atomic mass is 16.1. The van der Waals surface area contributed by atoms with Gasteiger partial charge in [-0.2, -0.15) is 0 Å². The zero-order valence-electron chi connectivity index (χ0n) is 15.8. The zero-order chi connectivity index (χ0) is 17.8. The molecular formula is C20H32N4O. The van der Waals surface area contributed by atoms with Crippen molar-refractivity contribution in [1.29, 1.82) is 0 Å². The van der Waals surface area contributed by atoms with Gasteiger partial charge in [0.1, 0.15) is 0 Å². The monoisotopic (exact) mass is 344 g/mol. The molecule has 3 rings (SSSR count). The molecule has 0 aromatic heterocycles. The maximum atomic E-state index is 12.5. The normalized spacial score (nSPS) is 25.2. The summed E-state index contributed by atoms with van der Waals surface area (Å²) in [5.41, 5.74) is 1.97. The molecule has 0 saturated carbocycles. The SMILES string of the molecule is CC1CCNCC1NC(=O)c1ccc(N2CCN(C(C)C)CC2)cc1. The van der Waals surface area contributed by atoms with Gasteiger partial charge in [-0.3, -0.25) is 9.69 Å². The van der Waals surface area contributed by atoms with Crippen molar-refractivity contribution in [2.24, 2.45) is 5.92 Å². The molecule has 2 fully saturated rings. The van der Waals surface area contributed by atoms with Crippen LogP contribution in [0.15, 0.2) is 24.3 Å². The Balaban J connectivity index is 1.56. The van der Waals surface area contributed by atoms with Crippen LogP contribution in [0.5, 0.6) is 0 Å². The fraction of sp³-hybridized carbons (Fsp3) is 0.650. The molecule has 2 saturated heterocycles. The fourth-order valence-electron chi connectivity index (χ4n) is 3.75. The lowest BCUT2D eigenvalue weighted by Crippen LogP contribution is -2.50. The number of carbonyl (C=O) groups is 1. The van der Waals surface area contributed by atoms with Gasteiger partial charge >= 0.3 is 0 Å². The van der Waals surface area contributed by atoms with Gasteiger partial charge in [-0.15, -0.1) is 0 Å². The van der Waals surface area contributed by atoms with Gasteiger partial charge in [0.2, 0.25) is 0 Å². The summed E-state index contributed by atoms with van der Waals surface area (Å²) in [6.45, 7) is 12.9. The quantitative estimate of drug-likeness (QED) is 0.876. The first kappa shape index (κ1) is 18.2. The number of hydrogen-bond acceptors (Lipinski definition) is 4. The molecule has 2 heterocycles. The van der Waals surface area contributed by atoms with Gasteiger partial charge in [-0.25, -0.2) is 0 Å². The minimum Gasteiger partial charge on any atom is -0.369 e. The molecule has 2 atom stereocenters. The summed E-state index contributed by atoms with van der Waals surface area (Å²) >= 11 is 0. The molecule has 2 aliphatic heterocycles. The average molecular weight is 345 g/mol. The molecule has 2 N–H and O–H groups in total. The Morgan fingerprint density at radius 2 is 1.84 bits per heavy atom. The summed E-state index contributed by atoms with van der Waals surface area (Å²) in [5.74, 6) is 0.568. The summed E-state index contributed by atoms with van der Waals surface area (Å²) in [7, 11) is 0. The van der Waals surface area contributed by atoms with Crippen LogP contribution in [-0.4, -0.2) is 62.2 Å². The van der Waals surface area contributed by atoms with Crippen molar-refractivity contribution in [3.63, 3.8) is 0 Å². The highest BCUT2D eigenvalue weighted by Crippen LogP contribution is 2.19. The lowest BCUT2D eigenvalue weighted by Gasteiger charge is -2.38. The number of carbonyl (C=O) groups excluding carboxylic acids is 1. The highest BCUT2D eigenvalue weighted by molar-refractivity contribution is 5.94. The van der Waals surface area contributed by atoms with E-state index in [0.717, 1.165) is 51.3 Å². The Kier molecular flexibility index (Phi) is 5.97. The summed E-state index contributed by atoms with van der Waals surface area (Å²) in [6, 6.07) is 8.93. The Hall–Kier alpha value is -1.59. The van der Waals surface area contributed by atoms with E-state index in [2.05, 4.69) is 53.3 Å². The van der Waals surface area contributed by atoms with Gasteiger partial charge in [-0.1, -0.05) is 6.92 Å². The van der Waals surface area contributed by atoms with E-state index in [9.17, 15) is 4.79 Å². The molecule has 5 heteroatoms. The second-order valence-corrected chi connectivity index (χ2v) is 7.71. The third-order valence-electron chi connectivity index (χ3n) is 5.68. The van der Waals surface area contributed by atoms with Crippen molar-refractivity contribution >= 4 is 11.6 Å². The number of nitrogens with zero attached hydrogens (tertiary/aromatic N) is 2. The number of amides is 1. The molecule has 5 nitrogen and oxygen atoms in total. The van der Waals surface area contributed by atoms with Gasteiger partial charge in [0, 0.05) is 56.1 Å². The first-order valence-electron chi connectivity index (χ1n) is 9.65. The molecule has 138 valence electrons. The largest absolute Gasteiger partial charge is 0.369 e. The van der Waals surface area contributed by atoms with Crippen LogP contribution in [0.4, 0.5) is 5.69 Å². The van der Waals surface area contributed by atoms with Crippen molar-refractivity contribution in [2.45, 2.75) is 39.3 Å². The third-order valence-corrected chi connectivity index (χ3v) is 5.68. The fourth-order valence-corrected chi connectivity index (χ4v) is 3.75. The summed E-state index contributed by atoms with van der Waals surface area (Å²) < 4.78 is 0. The van der Waals surface area contributed by atoms with Crippen LogP contribution in [0.1, 0.15) is 37.6 Å². The van der Waals surface area contributed by atoms with Crippen LogP contribution in [-0.2, 0) is 0 Å². The second-order valence-electron chi connectivity index (χ2n) is 7.71. The molecular weight excluding hydrogens is 312 g/mol. The summed E-state index contributed by atoms with van der Waals surface area (Å²) in [4.78, 5) is 17.4. The molecule has 1 aromatic rings. The van der Waals surface area contributed by atoms with E-state index in [1.807, 2.05) is 12.1 Å². The Morgan fingerprint density at radius 3 is 2.44 bits per heavy atom. The van der Waals surface area contributed by atoms with E-state index in [0.29, 0.717) is 12.0 Å². The number of piperidine rings is 1. The molecule has 25 heavy (non-hydrogen) atoms. The van der Waals surface area contributed by atoms with Crippen LogP contribution in [0.3, 0.4) is 0 Å². The van der Waals surface area contributed by atoms with E-state index >= 15 is 0 Å². The van der Waals surface area contributed by atoms with Crippen molar-refractivity contribution in [1.82, 2.24) is 15.5 Å². The number of nitrogens with one attached hydrogen (secondary N) is 2. The average Bonchev–Trinajstić information content (AvgIpc) is 2.64. The lowest BCUT2D eigenvalue weighted by atomic mass is 9.94. The number of benzene rings is 1. The van der Waals surface area contributed by atoms with Crippen LogP contribution >= 0.6 is 0 Å². The van der Waals surface area contributed by atoms with Gasteiger partial charge in [0.05, 0.1) is 0 Å². The third kappa shape index (κ3) is 4.53. The minimum absolute atomic E-state index is 0.0386. The number of rotatable bonds is 4. The van der Waals surface area contributed by atoms with Crippen LogP contribution in [0.2, 0.25) is 0 Å². The molecule has 0 radical (unpaired) electrons. The molecule has 1 amide bonds. The lowest BCUT2D eigenvalue weighted by molar-refractivity contribution is 0.0915. The van der Waals surface area contributed by atoms with E-state index in [1.165, 1.54) is 5.69 Å². The highest BCUT2D eigenvalue weighted by Gasteiger charge is 2.23. The first-order chi connectivity index (χ1) is 12.0. The van der Waals surface area contributed by atoms with Crippen LogP contribution in [0.25, 0.3) is 0 Å². The number of anilines is 1. The Bertz CT molecular complexity index is 564. The molecule has 0 aliphatic carbocycles. The van der Waals surface area contributed by atoms with Crippen LogP contribution in [0, 0.1) is 5.92 Å². The van der Waals surface area contributed by atoms with Crippen molar-refractivity contribution in [3.05, 3.63) is 29.8 Å². The van der Waals surface area contributed by atoms with E-state index < -0.39 is 0 Å². The zero-order valence-corrected chi connectivity index (χ0v) is 15.8. The molecule has 1 aromatic carbocycles. The Morgan fingerprint density at radius 1 is 1.16 bits per heavy atom. The standard InChI is InChI=1S/C20H32N4O/c1-15(2)23-10-12-24(13-11-23)18-6-4-17(5-7-18)20(25)22-19-14-21-9-8-16(19)3/h4-7,15-16,19,21H,8-14H2,1-3H3,(H,22,25). The van der Waals surface area contributed by atoms with Gasteiger partial charge in [0.25, 0.3) is 5.91 Å². The predicted molar refractivity (Wildman–Crippen MR) is 103 cm³/mol. The number of piperazine rings is 1. The van der Waals surface area contributed by atoms with E-state index in [4.69, 9.17) is 0 Å². The topological polar surface area (TPSA) is 47.6 Å². The molecule has 0 spiro atoms. The van der Waals surface area contributed by atoms with E-state index in [-0.39, 0.29) is 11.9 Å². The van der Waals surface area contributed by atoms with Crippen LogP contribution < -0.4 is 15.5 Å². The maximum absolute atomic E-state index is 12.5. The number of hydrogen-bond donors (Lipinski definition) is 2. The van der Waals surface area contributed by atoms with E-state index in [1.54, 1.807) is 0 Å². The summed E-state index contributed by atoms with van der Waals surface area (Å²) in [5, 5.41) is 6.54. The second kappa shape index (κ2) is 8.19. The molecule has 0 bridgehead atoms. The smallest absolute Gasteiger partial charge is 0.251 e. The first-order valence-corrected chi connectivity index (χ1v) is 9.65. The summed E-state index contributed by atoms with van der Waals surface area (Å²) in [6.07, 6.45) is 1.12. The Labute approximate surface area is 151 Å². The van der Waals surface area contributed by atoms with Gasteiger partial charge in [-0.05, 0) is 57.0 Å². The maximum Gasteiger partial charge on any atom is 0.251 e. The molecule has 2 aliphatic rings. The van der Waals surface area contributed by atoms with Crippen molar-refractivity contribution < 1.29 is 4.79 Å². The van der Waals surface area contributed by atoms with Crippen molar-refractivity contribution in [3.8, 4) is 0 Å². The van der Waals surface area contributed by atoms with Gasteiger partial charge in [0.15, 0.2) is 0 Å². The predicted octanol–water partition coefficient (Wildman–Crippen LogP) is 1.94. The van der Waals surface area contributed by atoms with Gasteiger partial charge < -0.3 is 15.5 Å². The minimum atomic E-state index is 0.0386. The molecule has 2 unspecified atom stereocenters.